The van der Waals surface area contributed by atoms with Crippen molar-refractivity contribution in [1.82, 2.24) is 4.90 Å². The van der Waals surface area contributed by atoms with Gasteiger partial charge in [0.05, 0.1) is 10.4 Å². The van der Waals surface area contributed by atoms with Gasteiger partial charge in [0.1, 0.15) is 5.00 Å². The molecule has 0 bridgehead atoms. The third kappa shape index (κ3) is 4.01. The predicted octanol–water partition coefficient (Wildman–Crippen LogP) is 5.20. The molecular weight excluding hydrogens is 364 g/mol. The summed E-state index contributed by atoms with van der Waals surface area (Å²) < 4.78 is 0. The molecular formula is C20H26N2O2S2. The molecule has 0 spiro atoms. The lowest BCUT2D eigenvalue weighted by molar-refractivity contribution is 0.0755. The standard InChI is InChI=1S/C20H26N2O2S2/c1-3-11-22(12-4-2)20(24)17-14-8-5-6-9-15(14)26-19(17)21-18(23)16-10-7-13-25-16/h7,10,13H,3-6,8-9,11-12H2,1-2H3,(H,21,23). The molecule has 0 fully saturated rings. The lowest BCUT2D eigenvalue weighted by Gasteiger charge is -2.23. The summed E-state index contributed by atoms with van der Waals surface area (Å²) >= 11 is 3.01. The summed E-state index contributed by atoms with van der Waals surface area (Å²) in [5.74, 6) is -0.0419. The Morgan fingerprint density at radius 1 is 1.15 bits per heavy atom. The fourth-order valence-corrected chi connectivity index (χ4v) is 5.36. The van der Waals surface area contributed by atoms with Crippen LogP contribution in [0.25, 0.3) is 0 Å². The number of hydrogen-bond acceptors (Lipinski definition) is 4. The lowest BCUT2D eigenvalue weighted by atomic mass is 9.95. The van der Waals surface area contributed by atoms with Crippen LogP contribution in [0.1, 0.15) is 70.0 Å². The molecule has 0 saturated carbocycles. The van der Waals surface area contributed by atoms with Gasteiger partial charge in [-0.2, -0.15) is 0 Å². The highest BCUT2D eigenvalue weighted by Crippen LogP contribution is 2.39. The molecule has 6 heteroatoms. The van der Waals surface area contributed by atoms with Crippen LogP contribution < -0.4 is 5.32 Å². The highest BCUT2D eigenvalue weighted by Gasteiger charge is 2.29. The fourth-order valence-electron chi connectivity index (χ4n) is 3.47. The van der Waals surface area contributed by atoms with E-state index in [0.29, 0.717) is 4.88 Å². The Balaban J connectivity index is 1.95. The third-order valence-corrected chi connectivity index (χ3v) is 6.71. The van der Waals surface area contributed by atoms with E-state index in [2.05, 4.69) is 19.2 Å². The van der Waals surface area contributed by atoms with E-state index in [9.17, 15) is 9.59 Å². The monoisotopic (exact) mass is 390 g/mol. The van der Waals surface area contributed by atoms with Crippen molar-refractivity contribution in [3.05, 3.63) is 38.4 Å². The average Bonchev–Trinajstić information content (AvgIpc) is 3.28. The van der Waals surface area contributed by atoms with Crippen molar-refractivity contribution >= 4 is 39.5 Å². The van der Waals surface area contributed by atoms with Gasteiger partial charge in [-0.15, -0.1) is 22.7 Å². The number of carbonyl (C=O) groups excluding carboxylic acids is 2. The summed E-state index contributed by atoms with van der Waals surface area (Å²) in [4.78, 5) is 29.8. The van der Waals surface area contributed by atoms with Gasteiger partial charge in [0.15, 0.2) is 0 Å². The van der Waals surface area contributed by atoms with Crippen LogP contribution in [-0.2, 0) is 12.8 Å². The predicted molar refractivity (Wildman–Crippen MR) is 110 cm³/mol. The number of aryl methyl sites for hydroxylation is 1. The second-order valence-corrected chi connectivity index (χ2v) is 8.69. The molecule has 0 radical (unpaired) electrons. The maximum atomic E-state index is 13.3. The van der Waals surface area contributed by atoms with Gasteiger partial charge < -0.3 is 10.2 Å². The van der Waals surface area contributed by atoms with Crippen LogP contribution in [0.5, 0.6) is 0 Å². The van der Waals surface area contributed by atoms with Gasteiger partial charge in [-0.05, 0) is 55.5 Å². The molecule has 1 N–H and O–H groups in total. The van der Waals surface area contributed by atoms with E-state index in [1.807, 2.05) is 22.4 Å². The highest BCUT2D eigenvalue weighted by molar-refractivity contribution is 7.17. The maximum absolute atomic E-state index is 13.3. The Labute approximate surface area is 163 Å². The second-order valence-electron chi connectivity index (χ2n) is 6.64. The Morgan fingerprint density at radius 2 is 1.88 bits per heavy atom. The molecule has 0 aliphatic heterocycles. The first-order valence-corrected chi connectivity index (χ1v) is 11.1. The lowest BCUT2D eigenvalue weighted by Crippen LogP contribution is -2.33. The zero-order chi connectivity index (χ0) is 18.5. The number of thiophene rings is 2. The zero-order valence-electron chi connectivity index (χ0n) is 15.5. The van der Waals surface area contributed by atoms with Gasteiger partial charge in [0.2, 0.25) is 0 Å². The average molecular weight is 391 g/mol. The van der Waals surface area contributed by atoms with Crippen LogP contribution in [0.3, 0.4) is 0 Å². The number of hydrogen-bond donors (Lipinski definition) is 1. The van der Waals surface area contributed by atoms with Gasteiger partial charge >= 0.3 is 0 Å². The molecule has 2 heterocycles. The van der Waals surface area contributed by atoms with Gasteiger partial charge in [-0.1, -0.05) is 19.9 Å². The molecule has 4 nitrogen and oxygen atoms in total. The Morgan fingerprint density at radius 3 is 2.54 bits per heavy atom. The first-order chi connectivity index (χ1) is 12.7. The van der Waals surface area contributed by atoms with Crippen molar-refractivity contribution in [3.63, 3.8) is 0 Å². The summed E-state index contributed by atoms with van der Waals surface area (Å²) in [7, 11) is 0. The largest absolute Gasteiger partial charge is 0.339 e. The fraction of sp³-hybridized carbons (Fsp3) is 0.500. The summed E-state index contributed by atoms with van der Waals surface area (Å²) in [6.45, 7) is 5.71. The summed E-state index contributed by atoms with van der Waals surface area (Å²) in [6.07, 6.45) is 6.10. The van der Waals surface area contributed by atoms with Crippen LogP contribution >= 0.6 is 22.7 Å². The van der Waals surface area contributed by atoms with E-state index >= 15 is 0 Å². The molecule has 0 aromatic carbocycles. The smallest absolute Gasteiger partial charge is 0.266 e. The first-order valence-electron chi connectivity index (χ1n) is 9.44. The number of fused-ring (bicyclic) bond motifs is 1. The topological polar surface area (TPSA) is 49.4 Å². The number of nitrogens with zero attached hydrogens (tertiary/aromatic N) is 1. The molecule has 2 aromatic rings. The summed E-state index contributed by atoms with van der Waals surface area (Å²) in [5, 5.41) is 5.66. The molecule has 1 aliphatic carbocycles. The van der Waals surface area contributed by atoms with Crippen LogP contribution in [0.4, 0.5) is 5.00 Å². The molecule has 2 aromatic heterocycles. The van der Waals surface area contributed by atoms with Crippen molar-refractivity contribution in [2.75, 3.05) is 18.4 Å². The molecule has 2 amide bonds. The zero-order valence-corrected chi connectivity index (χ0v) is 17.1. The van der Waals surface area contributed by atoms with Gasteiger partial charge in [0, 0.05) is 18.0 Å². The quantitative estimate of drug-likeness (QED) is 0.706. The van der Waals surface area contributed by atoms with Crippen LogP contribution in [0.15, 0.2) is 17.5 Å². The van der Waals surface area contributed by atoms with Gasteiger partial charge in [-0.25, -0.2) is 0 Å². The van der Waals surface area contributed by atoms with Gasteiger partial charge in [0.25, 0.3) is 11.8 Å². The maximum Gasteiger partial charge on any atom is 0.266 e. The number of anilines is 1. The number of carbonyl (C=O) groups is 2. The van der Waals surface area contributed by atoms with E-state index in [1.165, 1.54) is 21.8 Å². The number of nitrogens with one attached hydrogen (secondary N) is 1. The number of amides is 2. The van der Waals surface area contributed by atoms with Crippen LogP contribution in [-0.4, -0.2) is 29.8 Å². The van der Waals surface area contributed by atoms with Crippen molar-refractivity contribution in [1.29, 1.82) is 0 Å². The molecule has 0 atom stereocenters. The minimum Gasteiger partial charge on any atom is -0.339 e. The van der Waals surface area contributed by atoms with Gasteiger partial charge in [-0.3, -0.25) is 9.59 Å². The van der Waals surface area contributed by atoms with E-state index in [0.717, 1.165) is 62.2 Å². The van der Waals surface area contributed by atoms with Crippen molar-refractivity contribution < 1.29 is 9.59 Å². The second kappa shape index (κ2) is 8.82. The van der Waals surface area contributed by atoms with Crippen LogP contribution in [0, 0.1) is 0 Å². The summed E-state index contributed by atoms with van der Waals surface area (Å²) in [5.41, 5.74) is 1.92. The minimum absolute atomic E-state index is 0.0783. The van der Waals surface area contributed by atoms with Crippen molar-refractivity contribution in [3.8, 4) is 0 Å². The highest BCUT2D eigenvalue weighted by atomic mass is 32.1. The Hall–Kier alpha value is -1.66. The molecule has 3 rings (SSSR count). The molecule has 26 heavy (non-hydrogen) atoms. The van der Waals surface area contributed by atoms with E-state index in [-0.39, 0.29) is 11.8 Å². The van der Waals surface area contributed by atoms with E-state index in [1.54, 1.807) is 11.3 Å². The number of rotatable bonds is 7. The van der Waals surface area contributed by atoms with E-state index < -0.39 is 0 Å². The Bertz CT molecular complexity index is 759. The molecule has 0 unspecified atom stereocenters. The molecule has 1 aliphatic rings. The van der Waals surface area contributed by atoms with Crippen molar-refractivity contribution in [2.24, 2.45) is 0 Å². The minimum atomic E-state index is -0.120. The van der Waals surface area contributed by atoms with Crippen LogP contribution in [0.2, 0.25) is 0 Å². The third-order valence-electron chi connectivity index (χ3n) is 4.63. The molecule has 0 saturated heterocycles. The SMILES string of the molecule is CCCN(CCC)C(=O)c1c(NC(=O)c2cccs2)sc2c1CCCC2. The first kappa shape index (κ1) is 19.1. The summed E-state index contributed by atoms with van der Waals surface area (Å²) in [6, 6.07) is 3.69. The van der Waals surface area contributed by atoms with E-state index in [4.69, 9.17) is 0 Å². The normalized spacial score (nSPS) is 13.3. The Kier molecular flexibility index (Phi) is 6.48. The van der Waals surface area contributed by atoms with Crippen molar-refractivity contribution in [2.45, 2.75) is 52.4 Å². The molecule has 140 valence electrons.